The first-order valence-electron chi connectivity index (χ1n) is 11.1. The lowest BCUT2D eigenvalue weighted by Gasteiger charge is -2.30. The molecule has 0 spiro atoms. The van der Waals surface area contributed by atoms with Crippen molar-refractivity contribution >= 4 is 23.1 Å². The van der Waals surface area contributed by atoms with Crippen LogP contribution in [0.15, 0.2) is 88.2 Å². The molecule has 0 radical (unpaired) electrons. The number of hydrogen-bond acceptors (Lipinski definition) is 4. The Morgan fingerprint density at radius 1 is 1.06 bits per heavy atom. The number of rotatable bonds is 3. The monoisotopic (exact) mass is 468 g/mol. The Morgan fingerprint density at radius 3 is 2.71 bits per heavy atom. The SMILES string of the molecule is COc1cccc(C=c2sc3n(c2=O)C(c2ccc(F)cc2)C2=C(N=3)c3ccccc3CC2)c1. The van der Waals surface area contributed by atoms with Gasteiger partial charge in [0.2, 0.25) is 0 Å². The number of allylic oxidation sites excluding steroid dienone is 1. The van der Waals surface area contributed by atoms with Gasteiger partial charge in [-0.2, -0.15) is 0 Å². The van der Waals surface area contributed by atoms with Gasteiger partial charge in [0.05, 0.1) is 23.4 Å². The Hall–Kier alpha value is -3.77. The van der Waals surface area contributed by atoms with E-state index >= 15 is 0 Å². The molecule has 3 aromatic carbocycles. The fraction of sp³-hybridized carbons (Fsp3) is 0.143. The van der Waals surface area contributed by atoms with E-state index in [4.69, 9.17) is 9.73 Å². The number of aryl methyl sites for hydroxylation is 1. The molecule has 4 nitrogen and oxygen atoms in total. The summed E-state index contributed by atoms with van der Waals surface area (Å²) in [4.78, 5) is 19.4. The standard InChI is InChI=1S/C28H21FN2O2S/c1-33-21-7-4-5-17(15-21)16-24-27(32)31-26(19-9-12-20(29)13-10-19)23-14-11-18-6-2-3-8-22(18)25(23)30-28(31)34-24/h2-10,12-13,15-16,26H,11,14H2,1H3. The van der Waals surface area contributed by atoms with Crippen LogP contribution in [0.2, 0.25) is 0 Å². The smallest absolute Gasteiger partial charge is 0.271 e. The third kappa shape index (κ3) is 3.42. The summed E-state index contributed by atoms with van der Waals surface area (Å²) in [5.41, 5.74) is 6.09. The first kappa shape index (κ1) is 20.8. The number of fused-ring (bicyclic) bond motifs is 3. The Balaban J connectivity index is 1.61. The Morgan fingerprint density at radius 2 is 1.88 bits per heavy atom. The third-order valence-electron chi connectivity index (χ3n) is 6.45. The molecule has 2 aliphatic rings. The van der Waals surface area contributed by atoms with Crippen LogP contribution in [-0.4, -0.2) is 11.7 Å². The quantitative estimate of drug-likeness (QED) is 0.446. The minimum Gasteiger partial charge on any atom is -0.497 e. The molecule has 6 heteroatoms. The second-order valence-corrected chi connectivity index (χ2v) is 9.45. The third-order valence-corrected chi connectivity index (χ3v) is 7.43. The van der Waals surface area contributed by atoms with Gasteiger partial charge in [0.15, 0.2) is 4.80 Å². The summed E-state index contributed by atoms with van der Waals surface area (Å²) in [5, 5.41) is 0. The van der Waals surface area contributed by atoms with Gasteiger partial charge in [0, 0.05) is 5.56 Å². The molecular formula is C28H21FN2O2S. The molecule has 1 aliphatic carbocycles. The van der Waals surface area contributed by atoms with E-state index in [1.807, 2.05) is 42.5 Å². The molecule has 1 aromatic heterocycles. The highest BCUT2D eigenvalue weighted by Crippen LogP contribution is 2.41. The van der Waals surface area contributed by atoms with Gasteiger partial charge in [0.1, 0.15) is 11.6 Å². The highest BCUT2D eigenvalue weighted by atomic mass is 32.1. The van der Waals surface area contributed by atoms with Gasteiger partial charge in [-0.1, -0.05) is 59.9 Å². The van der Waals surface area contributed by atoms with E-state index in [0.717, 1.165) is 46.6 Å². The maximum atomic E-state index is 13.8. The van der Waals surface area contributed by atoms with E-state index in [1.54, 1.807) is 23.8 Å². The number of nitrogens with zero attached hydrogens (tertiary/aromatic N) is 2. The van der Waals surface area contributed by atoms with Crippen molar-refractivity contribution in [3.63, 3.8) is 0 Å². The number of ether oxygens (including phenoxy) is 1. The van der Waals surface area contributed by atoms with Gasteiger partial charge >= 0.3 is 0 Å². The van der Waals surface area contributed by atoms with Crippen LogP contribution in [0.5, 0.6) is 5.75 Å². The fourth-order valence-corrected chi connectivity index (χ4v) is 5.85. The first-order valence-corrected chi connectivity index (χ1v) is 12.0. The molecule has 4 aromatic rings. The van der Waals surface area contributed by atoms with Crippen LogP contribution >= 0.6 is 11.3 Å². The summed E-state index contributed by atoms with van der Waals surface area (Å²) in [7, 11) is 1.62. The van der Waals surface area contributed by atoms with E-state index in [0.29, 0.717) is 9.33 Å². The van der Waals surface area contributed by atoms with E-state index in [1.165, 1.54) is 29.0 Å². The molecule has 168 valence electrons. The summed E-state index contributed by atoms with van der Waals surface area (Å²) in [6.45, 7) is 0. The van der Waals surface area contributed by atoms with Crippen molar-refractivity contribution in [1.29, 1.82) is 0 Å². The molecule has 0 saturated carbocycles. The van der Waals surface area contributed by atoms with Gasteiger partial charge in [-0.15, -0.1) is 0 Å². The van der Waals surface area contributed by atoms with Gasteiger partial charge in [-0.3, -0.25) is 9.36 Å². The molecular weight excluding hydrogens is 447 g/mol. The van der Waals surface area contributed by atoms with Crippen molar-refractivity contribution in [3.05, 3.63) is 126 Å². The number of aromatic nitrogens is 1. The fourth-order valence-electron chi connectivity index (χ4n) is 4.85. The van der Waals surface area contributed by atoms with Crippen molar-refractivity contribution in [2.45, 2.75) is 18.9 Å². The lowest BCUT2D eigenvalue weighted by Crippen LogP contribution is -2.38. The molecule has 1 unspecified atom stereocenters. The van der Waals surface area contributed by atoms with Gasteiger partial charge in [0.25, 0.3) is 5.56 Å². The summed E-state index contributed by atoms with van der Waals surface area (Å²) in [5.74, 6) is 0.440. The molecule has 6 rings (SSSR count). The number of benzene rings is 3. The minimum atomic E-state index is -0.312. The predicted octanol–water partition coefficient (Wildman–Crippen LogP) is 4.47. The number of methoxy groups -OCH3 is 1. The summed E-state index contributed by atoms with van der Waals surface area (Å²) in [6, 6.07) is 22.1. The van der Waals surface area contributed by atoms with Crippen LogP contribution < -0.4 is 19.6 Å². The van der Waals surface area contributed by atoms with Crippen molar-refractivity contribution in [3.8, 4) is 5.75 Å². The molecule has 0 bridgehead atoms. The molecule has 0 saturated heterocycles. The van der Waals surface area contributed by atoms with E-state index in [2.05, 4.69) is 12.1 Å². The Labute approximate surface area is 199 Å². The highest BCUT2D eigenvalue weighted by molar-refractivity contribution is 7.07. The summed E-state index contributed by atoms with van der Waals surface area (Å²) < 4.78 is 21.5. The maximum Gasteiger partial charge on any atom is 0.271 e. The number of thiazole rings is 1. The second-order valence-electron chi connectivity index (χ2n) is 8.44. The molecule has 2 heterocycles. The summed E-state index contributed by atoms with van der Waals surface area (Å²) >= 11 is 1.38. The van der Waals surface area contributed by atoms with Gasteiger partial charge in [-0.05, 0) is 65.4 Å². The van der Waals surface area contributed by atoms with Crippen LogP contribution in [0.3, 0.4) is 0 Å². The average molecular weight is 469 g/mol. The van der Waals surface area contributed by atoms with Crippen LogP contribution in [0.1, 0.15) is 34.7 Å². The molecule has 1 aliphatic heterocycles. The Kier molecular flexibility index (Phi) is 5.03. The van der Waals surface area contributed by atoms with E-state index in [-0.39, 0.29) is 17.4 Å². The Bertz CT molecular complexity index is 1630. The van der Waals surface area contributed by atoms with Crippen LogP contribution in [0, 0.1) is 5.82 Å². The first-order chi connectivity index (χ1) is 16.6. The predicted molar refractivity (Wildman–Crippen MR) is 132 cm³/mol. The molecule has 0 amide bonds. The topological polar surface area (TPSA) is 43.6 Å². The largest absolute Gasteiger partial charge is 0.497 e. The second kappa shape index (κ2) is 8.22. The van der Waals surface area contributed by atoms with Crippen molar-refractivity contribution in [1.82, 2.24) is 4.57 Å². The normalized spacial score (nSPS) is 17.0. The molecule has 34 heavy (non-hydrogen) atoms. The highest BCUT2D eigenvalue weighted by Gasteiger charge is 2.32. The molecule has 1 atom stereocenters. The zero-order chi connectivity index (χ0) is 23.2. The number of hydrogen-bond donors (Lipinski definition) is 0. The zero-order valence-corrected chi connectivity index (χ0v) is 19.3. The van der Waals surface area contributed by atoms with Crippen molar-refractivity contribution in [2.75, 3.05) is 7.11 Å². The minimum absolute atomic E-state index is 0.0914. The van der Waals surface area contributed by atoms with Crippen LogP contribution in [0.25, 0.3) is 11.8 Å². The molecule has 0 fully saturated rings. The van der Waals surface area contributed by atoms with E-state index < -0.39 is 0 Å². The van der Waals surface area contributed by atoms with Gasteiger partial charge in [-0.25, -0.2) is 9.38 Å². The average Bonchev–Trinajstić information content (AvgIpc) is 3.18. The van der Waals surface area contributed by atoms with Crippen LogP contribution in [0.4, 0.5) is 4.39 Å². The van der Waals surface area contributed by atoms with Gasteiger partial charge < -0.3 is 4.74 Å². The lowest BCUT2D eigenvalue weighted by molar-refractivity contribution is 0.414. The van der Waals surface area contributed by atoms with E-state index in [9.17, 15) is 9.18 Å². The zero-order valence-electron chi connectivity index (χ0n) is 18.5. The van der Waals surface area contributed by atoms with Crippen molar-refractivity contribution in [2.24, 2.45) is 4.99 Å². The molecule has 0 N–H and O–H groups in total. The maximum absolute atomic E-state index is 13.8. The lowest BCUT2D eigenvalue weighted by atomic mass is 9.83. The van der Waals surface area contributed by atoms with Crippen LogP contribution in [-0.2, 0) is 6.42 Å². The van der Waals surface area contributed by atoms with Crippen molar-refractivity contribution < 1.29 is 9.13 Å². The summed E-state index contributed by atoms with van der Waals surface area (Å²) in [6.07, 6.45) is 3.57. The number of halogens is 1.